The quantitative estimate of drug-likeness (QED) is 0.776. The highest BCUT2D eigenvalue weighted by atomic mass is 16.5. The molecule has 6 nitrogen and oxygen atoms in total. The number of methoxy groups -OCH3 is 1. The maximum atomic E-state index is 12.2. The van der Waals surface area contributed by atoms with Crippen molar-refractivity contribution < 1.29 is 9.53 Å². The van der Waals surface area contributed by atoms with Crippen molar-refractivity contribution in [2.75, 3.05) is 20.2 Å². The summed E-state index contributed by atoms with van der Waals surface area (Å²) in [5.41, 5.74) is 0.368. The van der Waals surface area contributed by atoms with E-state index in [1.54, 1.807) is 18.0 Å². The second-order valence-electron chi connectivity index (χ2n) is 4.41. The Morgan fingerprint density at radius 1 is 1.67 bits per heavy atom. The molecule has 1 aromatic rings. The molecule has 0 N–H and O–H groups in total. The number of likely N-dealkylation sites (tertiary alicyclic amines) is 1. The summed E-state index contributed by atoms with van der Waals surface area (Å²) in [6.07, 6.45) is 1.74. The number of ether oxygens (including phenoxy) is 1. The molecule has 1 fully saturated rings. The predicted molar refractivity (Wildman–Crippen MR) is 64.0 cm³/mol. The summed E-state index contributed by atoms with van der Waals surface area (Å²) in [4.78, 5) is 13.9. The Bertz CT molecular complexity index is 489. The van der Waals surface area contributed by atoms with Crippen LogP contribution < -0.4 is 4.74 Å². The number of nitrogens with zero attached hydrogens (tertiary/aromatic N) is 4. The molecule has 1 unspecified atom stereocenters. The molecule has 0 aliphatic carbocycles. The molecule has 0 radical (unpaired) electrons. The van der Waals surface area contributed by atoms with Gasteiger partial charge in [0, 0.05) is 26.2 Å². The number of hydrogen-bond acceptors (Lipinski definition) is 4. The van der Waals surface area contributed by atoms with Crippen molar-refractivity contribution in [2.45, 2.75) is 12.8 Å². The minimum Gasteiger partial charge on any atom is -0.481 e. The average Bonchev–Trinajstić information content (AvgIpc) is 2.79. The first-order valence-corrected chi connectivity index (χ1v) is 5.92. The van der Waals surface area contributed by atoms with Crippen LogP contribution in [0.2, 0.25) is 0 Å². The molecule has 2 heterocycles. The van der Waals surface area contributed by atoms with E-state index in [9.17, 15) is 4.79 Å². The Morgan fingerprint density at radius 3 is 3.06 bits per heavy atom. The lowest BCUT2D eigenvalue weighted by Crippen LogP contribution is -2.39. The van der Waals surface area contributed by atoms with Gasteiger partial charge in [0.25, 0.3) is 5.91 Å². The fraction of sp³-hybridized carbons (Fsp3) is 0.583. The largest absolute Gasteiger partial charge is 0.481 e. The minimum atomic E-state index is -0.131. The van der Waals surface area contributed by atoms with Crippen LogP contribution in [0.15, 0.2) is 6.07 Å². The molecule has 1 saturated heterocycles. The van der Waals surface area contributed by atoms with Gasteiger partial charge in [-0.3, -0.25) is 4.79 Å². The molecule has 0 spiro atoms. The van der Waals surface area contributed by atoms with Crippen LogP contribution in [0.4, 0.5) is 0 Å². The van der Waals surface area contributed by atoms with Crippen molar-refractivity contribution in [1.29, 1.82) is 5.26 Å². The summed E-state index contributed by atoms with van der Waals surface area (Å²) < 4.78 is 6.61. The highest BCUT2D eigenvalue weighted by molar-refractivity contribution is 5.92. The minimum absolute atomic E-state index is 0.0618. The highest BCUT2D eigenvalue weighted by Crippen LogP contribution is 2.19. The van der Waals surface area contributed by atoms with Crippen LogP contribution in [-0.4, -0.2) is 40.8 Å². The molecule has 1 atom stereocenters. The Hall–Kier alpha value is -2.03. The van der Waals surface area contributed by atoms with E-state index in [0.717, 1.165) is 12.8 Å². The standard InChI is InChI=1S/C12H16N4O2/c1-15-11(18-2)6-10(14-15)12(17)16-5-3-4-9(7-13)8-16/h6,9H,3-5,8H2,1-2H3. The molecule has 0 aromatic carbocycles. The van der Waals surface area contributed by atoms with Crippen LogP contribution in [0.5, 0.6) is 5.88 Å². The fourth-order valence-electron chi connectivity index (χ4n) is 2.17. The third-order valence-corrected chi connectivity index (χ3v) is 3.16. The first kappa shape index (κ1) is 12.4. The molecule has 18 heavy (non-hydrogen) atoms. The summed E-state index contributed by atoms with van der Waals surface area (Å²) in [7, 11) is 3.27. The number of carbonyl (C=O) groups is 1. The van der Waals surface area contributed by atoms with Crippen molar-refractivity contribution in [3.63, 3.8) is 0 Å². The third-order valence-electron chi connectivity index (χ3n) is 3.16. The molecule has 96 valence electrons. The van der Waals surface area contributed by atoms with E-state index < -0.39 is 0 Å². The summed E-state index contributed by atoms with van der Waals surface area (Å²) in [6.45, 7) is 1.18. The summed E-state index contributed by atoms with van der Waals surface area (Å²) in [5.74, 6) is 0.356. The van der Waals surface area contributed by atoms with Crippen LogP contribution in [0.25, 0.3) is 0 Å². The number of carbonyl (C=O) groups excluding carboxylic acids is 1. The summed E-state index contributed by atoms with van der Waals surface area (Å²) >= 11 is 0. The molecule has 1 aromatic heterocycles. The number of rotatable bonds is 2. The monoisotopic (exact) mass is 248 g/mol. The van der Waals surface area contributed by atoms with E-state index in [1.165, 1.54) is 11.8 Å². The van der Waals surface area contributed by atoms with Crippen LogP contribution in [-0.2, 0) is 7.05 Å². The van der Waals surface area contributed by atoms with Gasteiger partial charge in [0.15, 0.2) is 5.69 Å². The van der Waals surface area contributed by atoms with Gasteiger partial charge < -0.3 is 9.64 Å². The van der Waals surface area contributed by atoms with E-state index in [2.05, 4.69) is 11.2 Å². The molecule has 6 heteroatoms. The normalized spacial score (nSPS) is 19.4. The number of piperidine rings is 1. The van der Waals surface area contributed by atoms with Gasteiger partial charge in [-0.1, -0.05) is 0 Å². The second-order valence-corrected chi connectivity index (χ2v) is 4.41. The molecule has 1 aliphatic heterocycles. The number of nitriles is 1. The molecular formula is C12H16N4O2. The topological polar surface area (TPSA) is 71.2 Å². The van der Waals surface area contributed by atoms with Crippen molar-refractivity contribution in [1.82, 2.24) is 14.7 Å². The second kappa shape index (κ2) is 5.08. The summed E-state index contributed by atoms with van der Waals surface area (Å²) in [5, 5.41) is 13.0. The van der Waals surface area contributed by atoms with Gasteiger partial charge in [-0.2, -0.15) is 10.4 Å². The SMILES string of the molecule is COc1cc(C(=O)N2CCCC(C#N)C2)nn1C. The third kappa shape index (κ3) is 2.30. The van der Waals surface area contributed by atoms with E-state index >= 15 is 0 Å². The molecule has 2 rings (SSSR count). The van der Waals surface area contributed by atoms with E-state index in [1.807, 2.05) is 0 Å². The molecule has 0 bridgehead atoms. The lowest BCUT2D eigenvalue weighted by Gasteiger charge is -2.28. The molecular weight excluding hydrogens is 232 g/mol. The van der Waals surface area contributed by atoms with Crippen molar-refractivity contribution >= 4 is 5.91 Å². The highest BCUT2D eigenvalue weighted by Gasteiger charge is 2.26. The Balaban J connectivity index is 2.13. The van der Waals surface area contributed by atoms with Crippen LogP contribution in [0.1, 0.15) is 23.3 Å². The van der Waals surface area contributed by atoms with Crippen molar-refractivity contribution in [2.24, 2.45) is 13.0 Å². The van der Waals surface area contributed by atoms with Gasteiger partial charge in [0.05, 0.1) is 19.1 Å². The van der Waals surface area contributed by atoms with Gasteiger partial charge in [-0.05, 0) is 12.8 Å². The number of aromatic nitrogens is 2. The Labute approximate surface area is 106 Å². The lowest BCUT2D eigenvalue weighted by molar-refractivity contribution is 0.0692. The molecule has 1 amide bonds. The zero-order valence-corrected chi connectivity index (χ0v) is 10.6. The van der Waals surface area contributed by atoms with Crippen molar-refractivity contribution in [3.05, 3.63) is 11.8 Å². The van der Waals surface area contributed by atoms with E-state index in [-0.39, 0.29) is 11.8 Å². The number of aryl methyl sites for hydroxylation is 1. The van der Waals surface area contributed by atoms with Gasteiger partial charge in [-0.25, -0.2) is 4.68 Å². The lowest BCUT2D eigenvalue weighted by atomic mass is 9.99. The average molecular weight is 248 g/mol. The zero-order valence-electron chi connectivity index (χ0n) is 10.6. The predicted octanol–water partition coefficient (Wildman–Crippen LogP) is 0.804. The van der Waals surface area contributed by atoms with Crippen LogP contribution >= 0.6 is 0 Å². The van der Waals surface area contributed by atoms with Gasteiger partial charge in [0.1, 0.15) is 0 Å². The smallest absolute Gasteiger partial charge is 0.274 e. The van der Waals surface area contributed by atoms with Gasteiger partial charge in [0.2, 0.25) is 5.88 Å². The number of hydrogen-bond donors (Lipinski definition) is 0. The Kier molecular flexibility index (Phi) is 3.51. The van der Waals surface area contributed by atoms with Gasteiger partial charge in [-0.15, -0.1) is 0 Å². The first-order valence-electron chi connectivity index (χ1n) is 5.92. The van der Waals surface area contributed by atoms with Crippen molar-refractivity contribution in [3.8, 4) is 11.9 Å². The maximum absolute atomic E-state index is 12.2. The van der Waals surface area contributed by atoms with E-state index in [4.69, 9.17) is 10.00 Å². The first-order chi connectivity index (χ1) is 8.65. The van der Waals surface area contributed by atoms with E-state index in [0.29, 0.717) is 24.7 Å². The van der Waals surface area contributed by atoms with Crippen LogP contribution in [0, 0.1) is 17.2 Å². The zero-order chi connectivity index (χ0) is 13.1. The van der Waals surface area contributed by atoms with Crippen LogP contribution in [0.3, 0.4) is 0 Å². The molecule has 1 aliphatic rings. The number of amides is 1. The molecule has 0 saturated carbocycles. The maximum Gasteiger partial charge on any atom is 0.274 e. The Morgan fingerprint density at radius 2 is 2.44 bits per heavy atom. The fourth-order valence-corrected chi connectivity index (χ4v) is 2.17. The summed E-state index contributed by atoms with van der Waals surface area (Å²) in [6, 6.07) is 3.85. The van der Waals surface area contributed by atoms with Gasteiger partial charge >= 0.3 is 0 Å².